The normalized spacial score (nSPS) is 11.8. The van der Waals surface area contributed by atoms with Crippen molar-refractivity contribution in [2.24, 2.45) is 0 Å². The lowest BCUT2D eigenvalue weighted by molar-refractivity contribution is -0.137. The number of pyridine rings is 1. The molecule has 4 nitrogen and oxygen atoms in total. The van der Waals surface area contributed by atoms with Crippen LogP contribution in [0.3, 0.4) is 0 Å². The van der Waals surface area contributed by atoms with Gasteiger partial charge in [-0.3, -0.25) is 4.68 Å². The third-order valence-corrected chi connectivity index (χ3v) is 4.52. The van der Waals surface area contributed by atoms with Gasteiger partial charge in [-0.1, -0.05) is 36.4 Å². The fourth-order valence-corrected chi connectivity index (χ4v) is 3.03. The number of nitrogens with zero attached hydrogens (tertiary/aromatic N) is 3. The number of hydrogen-bond acceptors (Lipinski definition) is 3. The summed E-state index contributed by atoms with van der Waals surface area (Å²) < 4.78 is 45.5. The molecule has 0 aliphatic carbocycles. The van der Waals surface area contributed by atoms with Crippen LogP contribution in [-0.4, -0.2) is 21.4 Å². The van der Waals surface area contributed by atoms with Crippen molar-refractivity contribution in [3.63, 3.8) is 0 Å². The molecule has 4 aromatic rings. The number of para-hydroxylation sites is 1. The summed E-state index contributed by atoms with van der Waals surface area (Å²) in [5, 5.41) is 5.39. The van der Waals surface area contributed by atoms with E-state index in [9.17, 15) is 13.2 Å². The molecule has 0 N–H and O–H groups in total. The number of alkyl halides is 3. The van der Waals surface area contributed by atoms with E-state index in [2.05, 4.69) is 10.1 Å². The van der Waals surface area contributed by atoms with Gasteiger partial charge in [-0.05, 0) is 29.8 Å². The number of ether oxygens (including phenoxy) is 1. The Hall–Kier alpha value is -3.19. The smallest absolute Gasteiger partial charge is 0.375 e. The van der Waals surface area contributed by atoms with Crippen molar-refractivity contribution in [2.45, 2.75) is 19.3 Å². The van der Waals surface area contributed by atoms with Crippen LogP contribution in [0.15, 0.2) is 73.1 Å². The predicted molar refractivity (Wildman–Crippen MR) is 104 cm³/mol. The SMILES string of the molecule is FC(F)(F)c1cccc(COCCn2cc(-c3ccc4ccccc4n3)cn2)c1. The first kappa shape index (κ1) is 19.1. The predicted octanol–water partition coefficient (Wildman–Crippen LogP) is 5.33. The summed E-state index contributed by atoms with van der Waals surface area (Å²) in [7, 11) is 0. The first-order valence-electron chi connectivity index (χ1n) is 9.11. The highest BCUT2D eigenvalue weighted by molar-refractivity contribution is 5.81. The van der Waals surface area contributed by atoms with Crippen molar-refractivity contribution in [3.8, 4) is 11.3 Å². The topological polar surface area (TPSA) is 39.9 Å². The molecule has 0 spiro atoms. The third-order valence-electron chi connectivity index (χ3n) is 4.52. The van der Waals surface area contributed by atoms with E-state index in [1.807, 2.05) is 42.6 Å². The Kier molecular flexibility index (Phi) is 5.31. The number of aromatic nitrogens is 3. The third kappa shape index (κ3) is 4.63. The molecule has 4 rings (SSSR count). The lowest BCUT2D eigenvalue weighted by Gasteiger charge is -2.09. The maximum Gasteiger partial charge on any atom is 0.416 e. The van der Waals surface area contributed by atoms with Crippen LogP contribution in [0, 0.1) is 0 Å². The standard InChI is InChI=1S/C22H18F3N3O/c23-22(24,25)19-6-3-4-16(12-19)15-29-11-10-28-14-18(13-26-28)21-9-8-17-5-1-2-7-20(17)27-21/h1-9,12-14H,10-11,15H2. The molecule has 0 amide bonds. The molecule has 29 heavy (non-hydrogen) atoms. The molecule has 0 aliphatic heterocycles. The van der Waals surface area contributed by atoms with E-state index in [1.54, 1.807) is 16.9 Å². The minimum Gasteiger partial charge on any atom is -0.375 e. The Balaban J connectivity index is 1.34. The van der Waals surface area contributed by atoms with Gasteiger partial charge in [0.05, 0.1) is 42.7 Å². The van der Waals surface area contributed by atoms with Crippen LogP contribution in [0.1, 0.15) is 11.1 Å². The van der Waals surface area contributed by atoms with Gasteiger partial charge in [-0.25, -0.2) is 4.98 Å². The highest BCUT2D eigenvalue weighted by atomic mass is 19.4. The van der Waals surface area contributed by atoms with Gasteiger partial charge in [-0.2, -0.15) is 18.3 Å². The number of halogens is 3. The second kappa shape index (κ2) is 8.05. The van der Waals surface area contributed by atoms with E-state index < -0.39 is 11.7 Å². The number of hydrogen-bond donors (Lipinski definition) is 0. The molecular weight excluding hydrogens is 379 g/mol. The Morgan fingerprint density at radius 2 is 1.83 bits per heavy atom. The van der Waals surface area contributed by atoms with Crippen molar-refractivity contribution in [1.82, 2.24) is 14.8 Å². The summed E-state index contributed by atoms with van der Waals surface area (Å²) in [6, 6.07) is 17.0. The van der Waals surface area contributed by atoms with E-state index in [0.717, 1.165) is 34.3 Å². The van der Waals surface area contributed by atoms with Crippen molar-refractivity contribution >= 4 is 10.9 Å². The lowest BCUT2D eigenvalue weighted by Crippen LogP contribution is -2.08. The van der Waals surface area contributed by atoms with Crippen LogP contribution in [-0.2, 0) is 24.1 Å². The first-order chi connectivity index (χ1) is 14.0. The average molecular weight is 397 g/mol. The molecule has 0 radical (unpaired) electrons. The maximum absolute atomic E-state index is 12.7. The van der Waals surface area contributed by atoms with Crippen molar-refractivity contribution < 1.29 is 17.9 Å². The van der Waals surface area contributed by atoms with Gasteiger partial charge in [0.25, 0.3) is 0 Å². The zero-order valence-corrected chi connectivity index (χ0v) is 15.4. The number of rotatable bonds is 6. The molecule has 2 aromatic heterocycles. The fourth-order valence-electron chi connectivity index (χ4n) is 3.03. The van der Waals surface area contributed by atoms with Gasteiger partial charge < -0.3 is 4.74 Å². The van der Waals surface area contributed by atoms with Crippen LogP contribution >= 0.6 is 0 Å². The van der Waals surface area contributed by atoms with Gasteiger partial charge in [0.2, 0.25) is 0 Å². The van der Waals surface area contributed by atoms with E-state index in [-0.39, 0.29) is 6.61 Å². The summed E-state index contributed by atoms with van der Waals surface area (Å²) in [6.45, 7) is 0.944. The van der Waals surface area contributed by atoms with Crippen molar-refractivity contribution in [3.05, 3.63) is 84.2 Å². The molecule has 0 saturated heterocycles. The molecule has 0 unspecified atom stereocenters. The summed E-state index contributed by atoms with van der Waals surface area (Å²) in [4.78, 5) is 4.65. The first-order valence-corrected chi connectivity index (χ1v) is 9.11. The molecule has 0 atom stereocenters. The average Bonchev–Trinajstić information content (AvgIpc) is 3.19. The quantitative estimate of drug-likeness (QED) is 0.413. The van der Waals surface area contributed by atoms with Crippen LogP contribution < -0.4 is 0 Å². The zero-order valence-electron chi connectivity index (χ0n) is 15.4. The summed E-state index contributed by atoms with van der Waals surface area (Å²) in [6.07, 6.45) is -0.729. The summed E-state index contributed by atoms with van der Waals surface area (Å²) in [5.41, 5.74) is 2.47. The van der Waals surface area contributed by atoms with Crippen molar-refractivity contribution in [1.29, 1.82) is 0 Å². The van der Waals surface area contributed by atoms with Crippen LogP contribution in [0.25, 0.3) is 22.2 Å². The molecule has 2 heterocycles. The maximum atomic E-state index is 12.7. The fraction of sp³-hybridized carbons (Fsp3) is 0.182. The Morgan fingerprint density at radius 1 is 0.966 bits per heavy atom. The van der Waals surface area contributed by atoms with Crippen LogP contribution in [0.5, 0.6) is 0 Å². The molecule has 0 bridgehead atoms. The molecule has 2 aromatic carbocycles. The van der Waals surface area contributed by atoms with Gasteiger partial charge >= 0.3 is 6.18 Å². The van der Waals surface area contributed by atoms with Gasteiger partial charge in [0, 0.05) is 17.1 Å². The minimum absolute atomic E-state index is 0.115. The van der Waals surface area contributed by atoms with Gasteiger partial charge in [0.1, 0.15) is 0 Å². The Labute approximate surface area is 165 Å². The molecule has 148 valence electrons. The van der Waals surface area contributed by atoms with E-state index in [4.69, 9.17) is 4.74 Å². The number of benzene rings is 2. The largest absolute Gasteiger partial charge is 0.416 e. The highest BCUT2D eigenvalue weighted by Crippen LogP contribution is 2.29. The second-order valence-electron chi connectivity index (χ2n) is 6.63. The highest BCUT2D eigenvalue weighted by Gasteiger charge is 2.30. The zero-order chi connectivity index (χ0) is 20.3. The molecular formula is C22H18F3N3O. The summed E-state index contributed by atoms with van der Waals surface area (Å²) in [5.74, 6) is 0. The monoisotopic (exact) mass is 397 g/mol. The molecule has 0 saturated carbocycles. The molecule has 0 aliphatic rings. The lowest BCUT2D eigenvalue weighted by atomic mass is 10.1. The minimum atomic E-state index is -4.35. The number of fused-ring (bicyclic) bond motifs is 1. The second-order valence-corrected chi connectivity index (χ2v) is 6.63. The van der Waals surface area contributed by atoms with Gasteiger partial charge in [0.15, 0.2) is 0 Å². The van der Waals surface area contributed by atoms with Crippen LogP contribution in [0.2, 0.25) is 0 Å². The van der Waals surface area contributed by atoms with Crippen LogP contribution in [0.4, 0.5) is 13.2 Å². The van der Waals surface area contributed by atoms with E-state index in [0.29, 0.717) is 18.7 Å². The van der Waals surface area contributed by atoms with E-state index >= 15 is 0 Å². The molecule has 7 heteroatoms. The summed E-state index contributed by atoms with van der Waals surface area (Å²) >= 11 is 0. The Bertz CT molecular complexity index is 1120. The Morgan fingerprint density at radius 3 is 2.69 bits per heavy atom. The van der Waals surface area contributed by atoms with Crippen molar-refractivity contribution in [2.75, 3.05) is 6.61 Å². The van der Waals surface area contributed by atoms with Gasteiger partial charge in [-0.15, -0.1) is 0 Å². The van der Waals surface area contributed by atoms with E-state index in [1.165, 1.54) is 6.07 Å². The molecule has 0 fully saturated rings.